The molecule has 0 aliphatic carbocycles. The van der Waals surface area contributed by atoms with Crippen molar-refractivity contribution >= 4 is 28.8 Å². The lowest BCUT2D eigenvalue weighted by Gasteiger charge is -2.12. The number of nitrogens with one attached hydrogen (secondary N) is 2. The van der Waals surface area contributed by atoms with Crippen molar-refractivity contribution in [3.63, 3.8) is 0 Å². The number of aryl methyl sites for hydroxylation is 2. The van der Waals surface area contributed by atoms with E-state index in [0.29, 0.717) is 24.9 Å². The van der Waals surface area contributed by atoms with Gasteiger partial charge in [0.1, 0.15) is 0 Å². The van der Waals surface area contributed by atoms with Crippen molar-refractivity contribution in [1.29, 1.82) is 0 Å². The quantitative estimate of drug-likeness (QED) is 0.612. The summed E-state index contributed by atoms with van der Waals surface area (Å²) in [6.45, 7) is 4.38. The fourth-order valence-electron chi connectivity index (χ4n) is 2.80. The van der Waals surface area contributed by atoms with Gasteiger partial charge in [0.05, 0.1) is 17.1 Å². The zero-order valence-electron chi connectivity index (χ0n) is 15.4. The molecular weight excluding hydrogens is 360 g/mol. The largest absolute Gasteiger partial charge is 0.352 e. The van der Waals surface area contributed by atoms with Gasteiger partial charge in [0.15, 0.2) is 0 Å². The third kappa shape index (κ3) is 4.83. The summed E-state index contributed by atoms with van der Waals surface area (Å²) in [5, 5.41) is 13.9. The van der Waals surface area contributed by atoms with Gasteiger partial charge >= 0.3 is 0 Å². The van der Waals surface area contributed by atoms with E-state index >= 15 is 0 Å². The first kappa shape index (κ1) is 18.8. The molecule has 27 heavy (non-hydrogen) atoms. The molecule has 0 spiro atoms. The Bertz CT molecular complexity index is 931. The molecule has 6 nitrogen and oxygen atoms in total. The monoisotopic (exact) mass is 382 g/mol. The number of aromatic nitrogens is 2. The predicted octanol–water partition coefficient (Wildman–Crippen LogP) is 3.70. The Hall–Kier alpha value is -2.93. The average molecular weight is 382 g/mol. The van der Waals surface area contributed by atoms with Crippen LogP contribution in [0.2, 0.25) is 0 Å². The molecule has 0 radical (unpaired) electrons. The minimum atomic E-state index is -0.105. The summed E-state index contributed by atoms with van der Waals surface area (Å²) in [7, 11) is 0. The fourth-order valence-corrected chi connectivity index (χ4v) is 3.43. The van der Waals surface area contributed by atoms with Gasteiger partial charge in [-0.15, -0.1) is 0 Å². The molecule has 3 rings (SSSR count). The van der Waals surface area contributed by atoms with Crippen LogP contribution in [0.5, 0.6) is 0 Å². The molecule has 0 saturated heterocycles. The van der Waals surface area contributed by atoms with Gasteiger partial charge in [-0.1, -0.05) is 12.1 Å². The van der Waals surface area contributed by atoms with E-state index < -0.39 is 0 Å². The summed E-state index contributed by atoms with van der Waals surface area (Å²) in [5.41, 5.74) is 4.14. The fraction of sp³-hybridized carbons (Fsp3) is 0.250. The van der Waals surface area contributed by atoms with Gasteiger partial charge in [0, 0.05) is 29.6 Å². The Morgan fingerprint density at radius 1 is 1.19 bits per heavy atom. The van der Waals surface area contributed by atoms with Crippen LogP contribution in [0.4, 0.5) is 5.69 Å². The molecule has 2 aromatic heterocycles. The molecule has 7 heteroatoms. The maximum Gasteiger partial charge on any atom is 0.252 e. The highest BCUT2D eigenvalue weighted by molar-refractivity contribution is 7.08. The molecular formula is C20H22N4O2S. The number of hydrogen-bond donors (Lipinski definition) is 2. The zero-order valence-corrected chi connectivity index (χ0v) is 16.2. The van der Waals surface area contributed by atoms with Crippen molar-refractivity contribution in [2.45, 2.75) is 26.7 Å². The number of para-hydroxylation sites is 2. The van der Waals surface area contributed by atoms with Gasteiger partial charge in [-0.2, -0.15) is 16.4 Å². The summed E-state index contributed by atoms with van der Waals surface area (Å²) in [5.74, 6) is -0.194. The van der Waals surface area contributed by atoms with E-state index in [9.17, 15) is 9.59 Å². The number of hydrogen-bond acceptors (Lipinski definition) is 4. The lowest BCUT2D eigenvalue weighted by Crippen LogP contribution is -2.25. The van der Waals surface area contributed by atoms with Gasteiger partial charge in [-0.05, 0) is 49.9 Å². The lowest BCUT2D eigenvalue weighted by molar-refractivity contribution is -0.116. The average Bonchev–Trinajstić information content (AvgIpc) is 3.29. The number of nitrogens with zero attached hydrogens (tertiary/aromatic N) is 2. The highest BCUT2D eigenvalue weighted by Crippen LogP contribution is 2.21. The summed E-state index contributed by atoms with van der Waals surface area (Å²) in [6.07, 6.45) is 0.902. The van der Waals surface area contributed by atoms with Crippen LogP contribution in [0.25, 0.3) is 5.69 Å². The number of benzene rings is 1. The van der Waals surface area contributed by atoms with E-state index in [-0.39, 0.29) is 11.8 Å². The molecule has 0 aliphatic heterocycles. The van der Waals surface area contributed by atoms with Crippen LogP contribution in [0, 0.1) is 13.8 Å². The van der Waals surface area contributed by atoms with E-state index in [1.54, 1.807) is 11.4 Å². The topological polar surface area (TPSA) is 76.0 Å². The van der Waals surface area contributed by atoms with Crippen molar-refractivity contribution in [3.05, 3.63) is 64.1 Å². The number of amides is 2. The molecule has 3 aromatic rings. The Balaban J connectivity index is 1.54. The molecule has 140 valence electrons. The minimum Gasteiger partial charge on any atom is -0.352 e. The smallest absolute Gasteiger partial charge is 0.252 e. The molecule has 0 aliphatic rings. The second-order valence-electron chi connectivity index (χ2n) is 6.28. The van der Waals surface area contributed by atoms with Crippen LogP contribution in [0.15, 0.2) is 47.2 Å². The molecule has 0 saturated carbocycles. The number of thiophene rings is 1. The number of anilines is 1. The number of rotatable bonds is 7. The highest BCUT2D eigenvalue weighted by atomic mass is 32.1. The second kappa shape index (κ2) is 8.64. The summed E-state index contributed by atoms with van der Waals surface area (Å²) in [4.78, 5) is 24.2. The zero-order chi connectivity index (χ0) is 19.2. The van der Waals surface area contributed by atoms with Crippen molar-refractivity contribution < 1.29 is 9.59 Å². The van der Waals surface area contributed by atoms with Crippen LogP contribution in [-0.4, -0.2) is 28.1 Å². The Labute approximate surface area is 162 Å². The Kier molecular flexibility index (Phi) is 6.03. The first-order chi connectivity index (χ1) is 13.0. The Morgan fingerprint density at radius 3 is 2.70 bits per heavy atom. The third-order valence-corrected chi connectivity index (χ3v) is 4.75. The molecule has 0 fully saturated rings. The van der Waals surface area contributed by atoms with Crippen molar-refractivity contribution in [2.75, 3.05) is 11.9 Å². The van der Waals surface area contributed by atoms with Crippen LogP contribution in [-0.2, 0) is 4.79 Å². The summed E-state index contributed by atoms with van der Waals surface area (Å²) >= 11 is 1.48. The van der Waals surface area contributed by atoms with Gasteiger partial charge in [-0.25, -0.2) is 4.68 Å². The van der Waals surface area contributed by atoms with Crippen LogP contribution in [0.3, 0.4) is 0 Å². The van der Waals surface area contributed by atoms with E-state index in [1.807, 2.05) is 54.2 Å². The molecule has 0 atom stereocenters. The van der Waals surface area contributed by atoms with E-state index in [4.69, 9.17) is 0 Å². The standard InChI is InChI=1S/C20H22N4O2S/c1-14-12-15(2)24(23-14)18-7-4-3-6-17(18)22-19(25)8-5-10-21-20(26)16-9-11-27-13-16/h3-4,6-7,9,11-13H,5,8,10H2,1-2H3,(H,21,26)(H,22,25). The summed E-state index contributed by atoms with van der Waals surface area (Å²) in [6, 6.07) is 11.4. The normalized spacial score (nSPS) is 10.6. The third-order valence-electron chi connectivity index (χ3n) is 4.07. The molecule has 0 unspecified atom stereocenters. The van der Waals surface area contributed by atoms with E-state index in [0.717, 1.165) is 22.8 Å². The van der Waals surface area contributed by atoms with Crippen LogP contribution in [0.1, 0.15) is 34.6 Å². The first-order valence-electron chi connectivity index (χ1n) is 8.77. The molecule has 2 N–H and O–H groups in total. The summed E-state index contributed by atoms with van der Waals surface area (Å²) < 4.78 is 1.83. The van der Waals surface area contributed by atoms with Crippen LogP contribution >= 0.6 is 11.3 Å². The van der Waals surface area contributed by atoms with Crippen molar-refractivity contribution in [2.24, 2.45) is 0 Å². The molecule has 2 amide bonds. The van der Waals surface area contributed by atoms with Crippen molar-refractivity contribution in [3.8, 4) is 5.69 Å². The van der Waals surface area contributed by atoms with Gasteiger partial charge < -0.3 is 10.6 Å². The molecule has 1 aromatic carbocycles. The number of carbonyl (C=O) groups excluding carboxylic acids is 2. The van der Waals surface area contributed by atoms with Crippen LogP contribution < -0.4 is 10.6 Å². The van der Waals surface area contributed by atoms with Crippen molar-refractivity contribution in [1.82, 2.24) is 15.1 Å². The van der Waals surface area contributed by atoms with Gasteiger partial charge in [-0.3, -0.25) is 9.59 Å². The molecule has 2 heterocycles. The maximum atomic E-state index is 12.3. The number of carbonyl (C=O) groups is 2. The lowest BCUT2D eigenvalue weighted by atomic mass is 10.2. The second-order valence-corrected chi connectivity index (χ2v) is 7.06. The highest BCUT2D eigenvalue weighted by Gasteiger charge is 2.11. The predicted molar refractivity (Wildman–Crippen MR) is 108 cm³/mol. The first-order valence-corrected chi connectivity index (χ1v) is 9.72. The van der Waals surface area contributed by atoms with Gasteiger partial charge in [0.25, 0.3) is 5.91 Å². The minimum absolute atomic E-state index is 0.0891. The van der Waals surface area contributed by atoms with E-state index in [2.05, 4.69) is 15.7 Å². The van der Waals surface area contributed by atoms with E-state index in [1.165, 1.54) is 11.3 Å². The SMILES string of the molecule is Cc1cc(C)n(-c2ccccc2NC(=O)CCCNC(=O)c2ccsc2)n1. The molecule has 0 bridgehead atoms. The maximum absolute atomic E-state index is 12.3. The Morgan fingerprint density at radius 2 is 2.00 bits per heavy atom. The van der Waals surface area contributed by atoms with Gasteiger partial charge in [0.2, 0.25) is 5.91 Å².